The highest BCUT2D eigenvalue weighted by molar-refractivity contribution is 7.89. The highest BCUT2D eigenvalue weighted by Crippen LogP contribution is 2.21. The van der Waals surface area contributed by atoms with Gasteiger partial charge in [-0.05, 0) is 37.3 Å². The van der Waals surface area contributed by atoms with E-state index in [0.29, 0.717) is 33.5 Å². The summed E-state index contributed by atoms with van der Waals surface area (Å²) in [7, 11) is -3.79. The van der Waals surface area contributed by atoms with E-state index in [1.807, 2.05) is 0 Å². The zero-order valence-electron chi connectivity index (χ0n) is 14.2. The van der Waals surface area contributed by atoms with Crippen LogP contribution in [-0.2, 0) is 16.6 Å². The predicted molar refractivity (Wildman–Crippen MR) is 104 cm³/mol. The zero-order chi connectivity index (χ0) is 19.8. The molecule has 0 bridgehead atoms. The predicted octanol–water partition coefficient (Wildman–Crippen LogP) is 1.14. The third-order valence-corrected chi connectivity index (χ3v) is 5.03. The Hall–Kier alpha value is -2.66. The van der Waals surface area contributed by atoms with Gasteiger partial charge in [0.15, 0.2) is 5.58 Å². The van der Waals surface area contributed by atoms with Gasteiger partial charge in [-0.3, -0.25) is 4.98 Å². The number of sulfonamides is 1. The molecule has 2 aromatic heterocycles. The van der Waals surface area contributed by atoms with Gasteiger partial charge in [-0.25, -0.2) is 18.5 Å². The van der Waals surface area contributed by atoms with E-state index >= 15 is 0 Å². The summed E-state index contributed by atoms with van der Waals surface area (Å²) in [6.45, 7) is 1.54. The van der Waals surface area contributed by atoms with Crippen molar-refractivity contribution in [1.82, 2.24) is 4.98 Å². The molecule has 27 heavy (non-hydrogen) atoms. The number of nitrogens with two attached hydrogens (primary N) is 2. The average molecular weight is 404 g/mol. The van der Waals surface area contributed by atoms with Crippen LogP contribution in [0.4, 0.5) is 5.69 Å². The van der Waals surface area contributed by atoms with Gasteiger partial charge >= 0.3 is 0 Å². The molecule has 2 heterocycles. The van der Waals surface area contributed by atoms with Crippen molar-refractivity contribution in [3.63, 3.8) is 0 Å². The van der Waals surface area contributed by atoms with Crippen LogP contribution in [0.25, 0.3) is 11.0 Å². The Labute approximate surface area is 160 Å². The molecule has 0 unspecified atom stereocenters. The van der Waals surface area contributed by atoms with E-state index in [9.17, 15) is 13.5 Å². The molecule has 0 saturated carbocycles. The van der Waals surface area contributed by atoms with Crippen LogP contribution >= 0.6 is 12.2 Å². The third kappa shape index (κ3) is 3.88. The lowest BCUT2D eigenvalue weighted by Crippen LogP contribution is -2.21. The fraction of sp³-hybridized carbons (Fsp3) is 0.118. The number of thiocarbonyl (C=S) groups is 1. The normalized spacial score (nSPS) is 12.5. The number of rotatable bonds is 4. The molecule has 0 spiro atoms. The molecular formula is C17H16N4O4S2. The largest absolute Gasteiger partial charge is 0.436 e. The molecule has 0 fully saturated rings. The molecule has 0 aliphatic carbocycles. The molecule has 0 radical (unpaired) electrons. The summed E-state index contributed by atoms with van der Waals surface area (Å²) in [5.41, 5.74) is 8.39. The van der Waals surface area contributed by atoms with Gasteiger partial charge in [-0.2, -0.15) is 0 Å². The lowest BCUT2D eigenvalue weighted by atomic mass is 10.1. The smallest absolute Gasteiger partial charge is 0.238 e. The average Bonchev–Trinajstić information content (AvgIpc) is 2.61. The number of aliphatic hydroxyl groups is 1. The maximum atomic E-state index is 11.4. The van der Waals surface area contributed by atoms with Gasteiger partial charge in [-0.15, -0.1) is 0 Å². The van der Waals surface area contributed by atoms with Gasteiger partial charge in [0.05, 0.1) is 28.4 Å². The monoisotopic (exact) mass is 404 g/mol. The third-order valence-electron chi connectivity index (χ3n) is 3.88. The summed E-state index contributed by atoms with van der Waals surface area (Å²) in [6, 6.07) is 7.34. The van der Waals surface area contributed by atoms with E-state index in [1.54, 1.807) is 19.2 Å². The number of pyridine rings is 1. The van der Waals surface area contributed by atoms with Crippen molar-refractivity contribution in [1.29, 1.82) is 0 Å². The lowest BCUT2D eigenvalue weighted by molar-refractivity contribution is 0.282. The van der Waals surface area contributed by atoms with Crippen LogP contribution in [0.15, 0.2) is 50.8 Å². The van der Waals surface area contributed by atoms with Gasteiger partial charge in [-0.1, -0.05) is 12.2 Å². The Bertz CT molecular complexity index is 1220. The Balaban J connectivity index is 2.26. The minimum absolute atomic E-state index is 0.0286. The van der Waals surface area contributed by atoms with Crippen LogP contribution in [0.3, 0.4) is 0 Å². The van der Waals surface area contributed by atoms with E-state index in [1.165, 1.54) is 24.3 Å². The maximum Gasteiger partial charge on any atom is 0.238 e. The second-order valence-corrected chi connectivity index (χ2v) is 7.75. The highest BCUT2D eigenvalue weighted by Gasteiger charge is 2.13. The van der Waals surface area contributed by atoms with Gasteiger partial charge in [0.1, 0.15) is 4.99 Å². The van der Waals surface area contributed by atoms with Gasteiger partial charge in [0.25, 0.3) is 0 Å². The minimum atomic E-state index is -3.79. The first-order chi connectivity index (χ1) is 12.7. The molecular weight excluding hydrogens is 388 g/mol. The van der Waals surface area contributed by atoms with Crippen LogP contribution in [0.2, 0.25) is 0 Å². The number of primary sulfonamides is 1. The molecule has 0 aliphatic heterocycles. The molecule has 8 nitrogen and oxygen atoms in total. The van der Waals surface area contributed by atoms with E-state index in [-0.39, 0.29) is 22.0 Å². The number of aliphatic hydroxyl groups excluding tert-OH is 1. The van der Waals surface area contributed by atoms with Crippen LogP contribution in [0.1, 0.15) is 16.8 Å². The fourth-order valence-electron chi connectivity index (χ4n) is 2.50. The Kier molecular flexibility index (Phi) is 5.07. The van der Waals surface area contributed by atoms with Crippen molar-refractivity contribution in [3.05, 3.63) is 58.9 Å². The topological polar surface area (TPSA) is 145 Å². The molecule has 0 saturated heterocycles. The van der Waals surface area contributed by atoms with Crippen molar-refractivity contribution in [3.8, 4) is 0 Å². The molecule has 1 aromatic carbocycles. The van der Waals surface area contributed by atoms with E-state index < -0.39 is 10.0 Å². The molecule has 3 rings (SSSR count). The maximum absolute atomic E-state index is 11.4. The van der Waals surface area contributed by atoms with Crippen molar-refractivity contribution in [2.45, 2.75) is 18.4 Å². The van der Waals surface area contributed by atoms with E-state index in [0.717, 1.165) is 0 Å². The summed E-state index contributed by atoms with van der Waals surface area (Å²) in [5, 5.41) is 15.3. The summed E-state index contributed by atoms with van der Waals surface area (Å²) < 4.78 is 28.6. The minimum Gasteiger partial charge on any atom is -0.436 e. The van der Waals surface area contributed by atoms with E-state index in [4.69, 9.17) is 27.5 Å². The van der Waals surface area contributed by atoms with Crippen LogP contribution in [0, 0.1) is 6.92 Å². The number of hydrogen-bond donors (Lipinski definition) is 3. The first-order valence-corrected chi connectivity index (χ1v) is 9.66. The SMILES string of the molecule is Cc1ncc(CO)c2cc(C(N)=S)c(=Nc3ccc(S(N)(=O)=O)cc3)oc12. The van der Waals surface area contributed by atoms with E-state index in [2.05, 4.69) is 9.98 Å². The Morgan fingerprint density at radius 1 is 1.33 bits per heavy atom. The summed E-state index contributed by atoms with van der Waals surface area (Å²) >= 11 is 5.09. The number of nitrogens with zero attached hydrogens (tertiary/aromatic N) is 2. The molecule has 0 amide bonds. The summed E-state index contributed by atoms with van der Waals surface area (Å²) in [4.78, 5) is 8.61. The molecule has 0 atom stereocenters. The van der Waals surface area contributed by atoms with Gasteiger partial charge in [0.2, 0.25) is 15.6 Å². The molecule has 0 aliphatic rings. The van der Waals surface area contributed by atoms with Crippen molar-refractivity contribution in [2.75, 3.05) is 0 Å². The fourth-order valence-corrected chi connectivity index (χ4v) is 3.16. The second-order valence-electron chi connectivity index (χ2n) is 5.75. The highest BCUT2D eigenvalue weighted by atomic mass is 32.2. The summed E-state index contributed by atoms with van der Waals surface area (Å²) in [5.74, 6) is 0. The number of benzene rings is 1. The molecule has 3 aromatic rings. The van der Waals surface area contributed by atoms with Crippen molar-refractivity contribution >= 4 is 43.9 Å². The van der Waals surface area contributed by atoms with Crippen LogP contribution < -0.4 is 16.4 Å². The number of aromatic nitrogens is 1. The van der Waals surface area contributed by atoms with Crippen LogP contribution in [0.5, 0.6) is 0 Å². The van der Waals surface area contributed by atoms with Gasteiger partial charge < -0.3 is 15.3 Å². The zero-order valence-corrected chi connectivity index (χ0v) is 15.8. The van der Waals surface area contributed by atoms with Crippen molar-refractivity contribution < 1.29 is 17.9 Å². The molecule has 5 N–H and O–H groups in total. The number of aryl methyl sites for hydroxylation is 1. The quantitative estimate of drug-likeness (QED) is 0.553. The van der Waals surface area contributed by atoms with Crippen LogP contribution in [-0.4, -0.2) is 23.5 Å². The molecule has 10 heteroatoms. The van der Waals surface area contributed by atoms with Gasteiger partial charge in [0, 0.05) is 17.1 Å². The molecule has 140 valence electrons. The first-order valence-electron chi connectivity index (χ1n) is 7.71. The second kappa shape index (κ2) is 7.16. The number of fused-ring (bicyclic) bond motifs is 1. The summed E-state index contributed by atoms with van der Waals surface area (Å²) in [6.07, 6.45) is 1.55. The first kappa shape index (κ1) is 19.1. The van der Waals surface area contributed by atoms with Crippen molar-refractivity contribution in [2.24, 2.45) is 15.9 Å². The Morgan fingerprint density at radius 3 is 2.56 bits per heavy atom. The number of hydrogen-bond acceptors (Lipinski definition) is 7. The Morgan fingerprint density at radius 2 is 2.00 bits per heavy atom. The lowest BCUT2D eigenvalue weighted by Gasteiger charge is -2.08. The standard InChI is InChI=1S/C17H16N4O4S2/c1-9-15-13(10(8-22)7-20-9)6-14(16(18)26)17(25-15)21-11-2-4-12(5-3-11)27(19,23)24/h2-7,22H,8H2,1H3,(H2,18,26)(H2,19,23,24).